The van der Waals surface area contributed by atoms with Gasteiger partial charge in [-0.15, -0.1) is 0 Å². The SMILES string of the molecule is Cc1nn(CN(Cc2ccc(C(=O)NC3CC3)cc2)C2CC2)c(=S)n1Cc1ccccc1. The summed E-state index contributed by atoms with van der Waals surface area (Å²) in [6, 6.07) is 19.3. The fourth-order valence-corrected chi connectivity index (χ4v) is 4.28. The van der Waals surface area contributed by atoms with E-state index in [0.29, 0.717) is 18.8 Å². The molecule has 3 aromatic rings. The quantitative estimate of drug-likeness (QED) is 0.498. The molecule has 166 valence electrons. The van der Waals surface area contributed by atoms with Gasteiger partial charge >= 0.3 is 0 Å². The highest BCUT2D eigenvalue weighted by molar-refractivity contribution is 7.71. The summed E-state index contributed by atoms with van der Waals surface area (Å²) in [5, 5.41) is 7.80. The maximum atomic E-state index is 12.2. The van der Waals surface area contributed by atoms with Crippen molar-refractivity contribution < 1.29 is 4.79 Å². The second-order valence-electron chi connectivity index (χ2n) is 8.97. The van der Waals surface area contributed by atoms with Gasteiger partial charge in [0.15, 0.2) is 4.77 Å². The molecule has 0 saturated heterocycles. The first-order chi connectivity index (χ1) is 15.6. The van der Waals surface area contributed by atoms with E-state index in [4.69, 9.17) is 17.3 Å². The fourth-order valence-electron chi connectivity index (χ4n) is 3.99. The van der Waals surface area contributed by atoms with Crippen LogP contribution in [-0.4, -0.2) is 37.2 Å². The molecule has 0 aliphatic heterocycles. The molecule has 1 heterocycles. The van der Waals surface area contributed by atoms with Crippen LogP contribution in [0, 0.1) is 11.7 Å². The summed E-state index contributed by atoms with van der Waals surface area (Å²) >= 11 is 5.78. The molecule has 6 nitrogen and oxygen atoms in total. The Bertz CT molecular complexity index is 1140. The molecule has 0 bridgehead atoms. The van der Waals surface area contributed by atoms with Crippen LogP contribution in [0.5, 0.6) is 0 Å². The lowest BCUT2D eigenvalue weighted by atomic mass is 10.1. The topological polar surface area (TPSA) is 55.1 Å². The van der Waals surface area contributed by atoms with Crippen molar-refractivity contribution in [3.63, 3.8) is 0 Å². The molecule has 0 spiro atoms. The summed E-state index contributed by atoms with van der Waals surface area (Å²) in [5.41, 5.74) is 3.15. The van der Waals surface area contributed by atoms with Gasteiger partial charge in [0.25, 0.3) is 5.91 Å². The highest BCUT2D eigenvalue weighted by Crippen LogP contribution is 2.29. The first kappa shape index (κ1) is 21.1. The highest BCUT2D eigenvalue weighted by atomic mass is 32.1. The zero-order valence-electron chi connectivity index (χ0n) is 18.4. The minimum atomic E-state index is 0.0313. The molecule has 1 N–H and O–H groups in total. The van der Waals surface area contributed by atoms with E-state index < -0.39 is 0 Å². The van der Waals surface area contributed by atoms with Crippen molar-refractivity contribution in [2.24, 2.45) is 0 Å². The number of aryl methyl sites for hydroxylation is 1. The minimum Gasteiger partial charge on any atom is -0.349 e. The van der Waals surface area contributed by atoms with E-state index in [1.807, 2.05) is 41.9 Å². The van der Waals surface area contributed by atoms with Gasteiger partial charge in [0, 0.05) is 24.2 Å². The molecule has 0 atom stereocenters. The summed E-state index contributed by atoms with van der Waals surface area (Å²) in [7, 11) is 0. The molecule has 32 heavy (non-hydrogen) atoms. The van der Waals surface area contributed by atoms with Crippen molar-refractivity contribution in [3.8, 4) is 0 Å². The van der Waals surface area contributed by atoms with Gasteiger partial charge in [-0.2, -0.15) is 5.10 Å². The van der Waals surface area contributed by atoms with Crippen LogP contribution in [0.1, 0.15) is 53.0 Å². The van der Waals surface area contributed by atoms with Crippen LogP contribution in [0.15, 0.2) is 54.6 Å². The van der Waals surface area contributed by atoms with E-state index in [-0.39, 0.29) is 5.91 Å². The second kappa shape index (κ2) is 9.00. The first-order valence-electron chi connectivity index (χ1n) is 11.4. The van der Waals surface area contributed by atoms with Crippen molar-refractivity contribution in [1.82, 2.24) is 24.6 Å². The molecular formula is C25H29N5OS. The fraction of sp³-hybridized carbons (Fsp3) is 0.400. The summed E-state index contributed by atoms with van der Waals surface area (Å²) in [4.78, 5) is 14.7. The minimum absolute atomic E-state index is 0.0313. The number of aromatic nitrogens is 3. The molecule has 7 heteroatoms. The monoisotopic (exact) mass is 447 g/mol. The molecule has 2 saturated carbocycles. The number of hydrogen-bond acceptors (Lipinski definition) is 4. The summed E-state index contributed by atoms with van der Waals surface area (Å²) in [6.07, 6.45) is 4.62. The molecule has 2 aromatic carbocycles. The maximum Gasteiger partial charge on any atom is 0.251 e. The van der Waals surface area contributed by atoms with E-state index in [1.165, 1.54) is 24.0 Å². The molecule has 1 amide bonds. The Hall–Kier alpha value is -2.77. The van der Waals surface area contributed by atoms with Crippen molar-refractivity contribution >= 4 is 18.1 Å². The third kappa shape index (κ3) is 5.00. The van der Waals surface area contributed by atoms with Crippen molar-refractivity contribution in [1.29, 1.82) is 0 Å². The van der Waals surface area contributed by atoms with Gasteiger partial charge in [0.05, 0.1) is 13.2 Å². The van der Waals surface area contributed by atoms with Crippen molar-refractivity contribution in [2.75, 3.05) is 0 Å². The molecule has 2 aliphatic carbocycles. The zero-order chi connectivity index (χ0) is 22.1. The Kier molecular flexibility index (Phi) is 5.93. The zero-order valence-corrected chi connectivity index (χ0v) is 19.2. The largest absolute Gasteiger partial charge is 0.349 e. The molecule has 0 radical (unpaired) electrons. The number of amides is 1. The Labute approximate surface area is 193 Å². The Morgan fingerprint density at radius 2 is 1.78 bits per heavy atom. The van der Waals surface area contributed by atoms with Crippen LogP contribution in [-0.2, 0) is 19.8 Å². The molecule has 0 unspecified atom stereocenters. The van der Waals surface area contributed by atoms with Crippen LogP contribution < -0.4 is 5.32 Å². The highest BCUT2D eigenvalue weighted by Gasteiger charge is 2.30. The third-order valence-electron chi connectivity index (χ3n) is 6.18. The second-order valence-corrected chi connectivity index (χ2v) is 9.33. The van der Waals surface area contributed by atoms with E-state index in [9.17, 15) is 4.79 Å². The lowest BCUT2D eigenvalue weighted by Crippen LogP contribution is -2.29. The van der Waals surface area contributed by atoms with Crippen LogP contribution in [0.25, 0.3) is 0 Å². The van der Waals surface area contributed by atoms with Crippen LogP contribution in [0.2, 0.25) is 0 Å². The third-order valence-corrected chi connectivity index (χ3v) is 6.62. The average Bonchev–Trinajstić information content (AvgIpc) is 3.72. The normalized spacial score (nSPS) is 15.8. The number of nitrogens with one attached hydrogen (secondary N) is 1. The van der Waals surface area contributed by atoms with E-state index in [2.05, 4.69) is 39.0 Å². The molecule has 5 rings (SSSR count). The Morgan fingerprint density at radius 1 is 1.06 bits per heavy atom. The number of carbonyl (C=O) groups is 1. The number of hydrogen-bond donors (Lipinski definition) is 1. The van der Waals surface area contributed by atoms with Crippen LogP contribution in [0.3, 0.4) is 0 Å². The number of nitrogens with zero attached hydrogens (tertiary/aromatic N) is 4. The summed E-state index contributed by atoms with van der Waals surface area (Å²) in [5.74, 6) is 0.962. The van der Waals surface area contributed by atoms with E-state index in [0.717, 1.165) is 42.1 Å². The molecule has 1 aromatic heterocycles. The van der Waals surface area contributed by atoms with Gasteiger partial charge < -0.3 is 5.32 Å². The number of benzene rings is 2. The van der Waals surface area contributed by atoms with Crippen molar-refractivity contribution in [3.05, 3.63) is 81.9 Å². The Morgan fingerprint density at radius 3 is 2.44 bits per heavy atom. The smallest absolute Gasteiger partial charge is 0.251 e. The summed E-state index contributed by atoms with van der Waals surface area (Å²) < 4.78 is 4.80. The number of carbonyl (C=O) groups excluding carboxylic acids is 1. The van der Waals surface area contributed by atoms with E-state index >= 15 is 0 Å². The van der Waals surface area contributed by atoms with Crippen molar-refractivity contribution in [2.45, 2.75) is 64.4 Å². The average molecular weight is 448 g/mol. The summed E-state index contributed by atoms with van der Waals surface area (Å²) in [6.45, 7) is 4.25. The maximum absolute atomic E-state index is 12.2. The lowest BCUT2D eigenvalue weighted by Gasteiger charge is -2.22. The van der Waals surface area contributed by atoms with Crippen LogP contribution in [0.4, 0.5) is 0 Å². The first-order valence-corrected chi connectivity index (χ1v) is 11.8. The van der Waals surface area contributed by atoms with Gasteiger partial charge in [-0.05, 0) is 68.1 Å². The Balaban J connectivity index is 1.27. The van der Waals surface area contributed by atoms with Gasteiger partial charge in [-0.3, -0.25) is 14.3 Å². The molecule has 2 aliphatic rings. The van der Waals surface area contributed by atoms with Crippen LogP contribution >= 0.6 is 12.2 Å². The molecule has 2 fully saturated rings. The number of rotatable bonds is 9. The van der Waals surface area contributed by atoms with Gasteiger partial charge in [-0.25, -0.2) is 4.68 Å². The van der Waals surface area contributed by atoms with E-state index in [1.54, 1.807) is 0 Å². The van der Waals surface area contributed by atoms with Gasteiger partial charge in [-0.1, -0.05) is 42.5 Å². The lowest BCUT2D eigenvalue weighted by molar-refractivity contribution is 0.0951. The standard InChI is InChI=1S/C25H29N5OS/c1-18-27-30(25(32)29(18)16-19-5-3-2-4-6-19)17-28(23-13-14-23)15-20-7-9-21(10-8-20)24(31)26-22-11-12-22/h2-10,22-23H,11-17H2,1H3,(H,26,31). The van der Waals surface area contributed by atoms with Gasteiger partial charge in [0.2, 0.25) is 0 Å². The predicted octanol–water partition coefficient (Wildman–Crippen LogP) is 4.29. The predicted molar refractivity (Wildman–Crippen MR) is 127 cm³/mol. The molecular weight excluding hydrogens is 418 g/mol. The van der Waals surface area contributed by atoms with Gasteiger partial charge in [0.1, 0.15) is 5.82 Å².